The number of aromatic nitrogens is 1. The zero-order valence-corrected chi connectivity index (χ0v) is 12.3. The molecule has 1 heterocycles. The molecule has 0 unspecified atom stereocenters. The fourth-order valence-corrected chi connectivity index (χ4v) is 2.96. The van der Waals surface area contributed by atoms with Crippen molar-refractivity contribution in [2.45, 2.75) is 44.6 Å². The van der Waals surface area contributed by atoms with Gasteiger partial charge in [-0.1, -0.05) is 19.8 Å². The van der Waals surface area contributed by atoms with Crippen molar-refractivity contribution in [3.63, 3.8) is 0 Å². The summed E-state index contributed by atoms with van der Waals surface area (Å²) >= 11 is 5.40. The van der Waals surface area contributed by atoms with Crippen LogP contribution in [0.2, 0.25) is 0 Å². The maximum absolute atomic E-state index is 5.40. The van der Waals surface area contributed by atoms with Gasteiger partial charge < -0.3 is 15.4 Å². The van der Waals surface area contributed by atoms with E-state index in [1.54, 1.807) is 13.3 Å². The van der Waals surface area contributed by atoms with Crippen LogP contribution in [-0.2, 0) is 0 Å². The van der Waals surface area contributed by atoms with Crippen LogP contribution in [0.4, 0.5) is 5.82 Å². The highest BCUT2D eigenvalue weighted by Gasteiger charge is 2.32. The summed E-state index contributed by atoms with van der Waals surface area (Å²) in [6, 6.07) is 3.70. The van der Waals surface area contributed by atoms with Gasteiger partial charge in [0, 0.05) is 11.7 Å². The van der Waals surface area contributed by atoms with Gasteiger partial charge >= 0.3 is 0 Å². The third-order valence-electron chi connectivity index (χ3n) is 3.84. The molecule has 0 spiro atoms. The van der Waals surface area contributed by atoms with Gasteiger partial charge in [-0.05, 0) is 43.6 Å². The molecule has 0 radical (unpaired) electrons. The summed E-state index contributed by atoms with van der Waals surface area (Å²) in [4.78, 5) is 4.25. The van der Waals surface area contributed by atoms with Crippen molar-refractivity contribution in [2.75, 3.05) is 12.4 Å². The molecule has 0 amide bonds. The molecule has 0 bridgehead atoms. The number of methoxy groups -OCH3 is 1. The lowest BCUT2D eigenvalue weighted by molar-refractivity contribution is 0.378. The molecule has 19 heavy (non-hydrogen) atoms. The summed E-state index contributed by atoms with van der Waals surface area (Å²) in [5.74, 6) is 1.36. The maximum Gasteiger partial charge on any atom is 0.174 e. The molecule has 104 valence electrons. The molecular weight excluding hydrogens is 258 g/mol. The van der Waals surface area contributed by atoms with E-state index in [1.165, 1.54) is 25.7 Å². The first kappa shape index (κ1) is 14.1. The van der Waals surface area contributed by atoms with Gasteiger partial charge in [0.2, 0.25) is 0 Å². The number of rotatable bonds is 4. The minimum absolute atomic E-state index is 0.159. The van der Waals surface area contributed by atoms with Crippen LogP contribution in [0, 0.1) is 0 Å². The molecule has 0 saturated heterocycles. The molecule has 1 aromatic rings. The van der Waals surface area contributed by atoms with Crippen molar-refractivity contribution < 1.29 is 4.74 Å². The number of hydrogen-bond acceptors (Lipinski definition) is 3. The Kier molecular flexibility index (Phi) is 4.58. The molecular formula is C14H21N3OS. The summed E-state index contributed by atoms with van der Waals surface area (Å²) in [5, 5.41) is 7.22. The molecule has 1 aromatic heterocycles. The summed E-state index contributed by atoms with van der Waals surface area (Å²) in [5.41, 5.74) is 0.159. The Morgan fingerprint density at radius 3 is 2.84 bits per heavy atom. The maximum atomic E-state index is 5.40. The molecule has 0 aromatic carbocycles. The van der Waals surface area contributed by atoms with Gasteiger partial charge in [-0.15, -0.1) is 0 Å². The van der Waals surface area contributed by atoms with E-state index in [0.717, 1.165) is 6.42 Å². The molecule has 0 atom stereocenters. The average molecular weight is 279 g/mol. The van der Waals surface area contributed by atoms with Crippen molar-refractivity contribution in [1.29, 1.82) is 0 Å². The average Bonchev–Trinajstić information content (AvgIpc) is 2.88. The van der Waals surface area contributed by atoms with Crippen LogP contribution in [-0.4, -0.2) is 22.7 Å². The van der Waals surface area contributed by atoms with Gasteiger partial charge in [-0.2, -0.15) is 0 Å². The zero-order valence-electron chi connectivity index (χ0n) is 11.5. The summed E-state index contributed by atoms with van der Waals surface area (Å²) < 4.78 is 5.26. The minimum Gasteiger partial charge on any atom is -0.493 e. The lowest BCUT2D eigenvalue weighted by Crippen LogP contribution is -2.47. The van der Waals surface area contributed by atoms with Gasteiger partial charge in [-0.25, -0.2) is 4.98 Å². The van der Waals surface area contributed by atoms with Crippen LogP contribution in [0.3, 0.4) is 0 Å². The Labute approximate surface area is 120 Å². The third-order valence-corrected chi connectivity index (χ3v) is 4.04. The van der Waals surface area contributed by atoms with E-state index in [0.29, 0.717) is 16.7 Å². The monoisotopic (exact) mass is 279 g/mol. The van der Waals surface area contributed by atoms with Crippen LogP contribution < -0.4 is 15.4 Å². The van der Waals surface area contributed by atoms with E-state index in [-0.39, 0.29) is 5.54 Å². The van der Waals surface area contributed by atoms with E-state index in [1.807, 2.05) is 12.1 Å². The fraction of sp³-hybridized carbons (Fsp3) is 0.571. The normalized spacial score (nSPS) is 16.9. The van der Waals surface area contributed by atoms with E-state index >= 15 is 0 Å². The molecule has 1 aliphatic carbocycles. The number of nitrogens with zero attached hydrogens (tertiary/aromatic N) is 1. The Bertz CT molecular complexity index is 444. The highest BCUT2D eigenvalue weighted by molar-refractivity contribution is 7.80. The van der Waals surface area contributed by atoms with E-state index in [4.69, 9.17) is 17.0 Å². The standard InChI is InChI=1S/C14H21N3OS/c1-3-14(8-4-5-9-14)17-13(19)16-12-11(18-2)7-6-10-15-12/h6-7,10H,3-5,8-9H2,1-2H3,(H2,15,16,17,19). The van der Waals surface area contributed by atoms with Crippen LogP contribution in [0.25, 0.3) is 0 Å². The lowest BCUT2D eigenvalue weighted by Gasteiger charge is -2.30. The molecule has 1 aliphatic rings. The number of ether oxygens (including phenoxy) is 1. The third kappa shape index (κ3) is 3.35. The lowest BCUT2D eigenvalue weighted by atomic mass is 9.95. The number of thiocarbonyl (C=S) groups is 1. The van der Waals surface area contributed by atoms with Crippen molar-refractivity contribution in [3.8, 4) is 5.75 Å². The van der Waals surface area contributed by atoms with Gasteiger partial charge in [0.15, 0.2) is 16.7 Å². The molecule has 1 saturated carbocycles. The Morgan fingerprint density at radius 1 is 1.47 bits per heavy atom. The topological polar surface area (TPSA) is 46.2 Å². The van der Waals surface area contributed by atoms with Crippen molar-refractivity contribution >= 4 is 23.1 Å². The van der Waals surface area contributed by atoms with Crippen LogP contribution in [0.15, 0.2) is 18.3 Å². The highest BCUT2D eigenvalue weighted by atomic mass is 32.1. The fourth-order valence-electron chi connectivity index (χ4n) is 2.65. The Morgan fingerprint density at radius 2 is 2.21 bits per heavy atom. The van der Waals surface area contributed by atoms with Crippen molar-refractivity contribution in [1.82, 2.24) is 10.3 Å². The zero-order chi connectivity index (χ0) is 13.7. The Hall–Kier alpha value is -1.36. The first-order chi connectivity index (χ1) is 9.19. The molecule has 4 nitrogen and oxygen atoms in total. The van der Waals surface area contributed by atoms with Crippen LogP contribution in [0.5, 0.6) is 5.75 Å². The largest absolute Gasteiger partial charge is 0.493 e. The van der Waals surface area contributed by atoms with Gasteiger partial charge in [0.05, 0.1) is 7.11 Å². The van der Waals surface area contributed by atoms with E-state index in [2.05, 4.69) is 22.5 Å². The smallest absolute Gasteiger partial charge is 0.174 e. The van der Waals surface area contributed by atoms with Gasteiger partial charge in [0.25, 0.3) is 0 Å². The van der Waals surface area contributed by atoms with Crippen molar-refractivity contribution in [2.24, 2.45) is 0 Å². The highest BCUT2D eigenvalue weighted by Crippen LogP contribution is 2.32. The number of hydrogen-bond donors (Lipinski definition) is 2. The quantitative estimate of drug-likeness (QED) is 0.829. The van der Waals surface area contributed by atoms with Crippen LogP contribution in [0.1, 0.15) is 39.0 Å². The number of nitrogens with one attached hydrogen (secondary N) is 2. The first-order valence-corrected chi connectivity index (χ1v) is 7.18. The van der Waals surface area contributed by atoms with Gasteiger partial charge in [0.1, 0.15) is 0 Å². The SMILES string of the molecule is CCC1(NC(=S)Nc2ncccc2OC)CCCC1. The number of pyridine rings is 1. The summed E-state index contributed by atoms with van der Waals surface area (Å²) in [6.45, 7) is 2.21. The molecule has 0 aliphatic heterocycles. The molecule has 2 N–H and O–H groups in total. The Balaban J connectivity index is 2.01. The first-order valence-electron chi connectivity index (χ1n) is 6.77. The molecule has 1 fully saturated rings. The van der Waals surface area contributed by atoms with Gasteiger partial charge in [-0.3, -0.25) is 0 Å². The molecule has 2 rings (SSSR count). The van der Waals surface area contributed by atoms with Crippen LogP contribution >= 0.6 is 12.2 Å². The predicted molar refractivity (Wildman–Crippen MR) is 81.6 cm³/mol. The van der Waals surface area contributed by atoms with E-state index < -0.39 is 0 Å². The number of anilines is 1. The summed E-state index contributed by atoms with van der Waals surface area (Å²) in [7, 11) is 1.63. The second-order valence-electron chi connectivity index (χ2n) is 4.97. The van der Waals surface area contributed by atoms with Crippen molar-refractivity contribution in [3.05, 3.63) is 18.3 Å². The summed E-state index contributed by atoms with van der Waals surface area (Å²) in [6.07, 6.45) is 7.73. The minimum atomic E-state index is 0.159. The predicted octanol–water partition coefficient (Wildman–Crippen LogP) is 3.10. The van der Waals surface area contributed by atoms with E-state index in [9.17, 15) is 0 Å². The second-order valence-corrected chi connectivity index (χ2v) is 5.38. The molecule has 5 heteroatoms. The second kappa shape index (κ2) is 6.19.